The molecule has 3 aromatic heterocycles. The van der Waals surface area contributed by atoms with E-state index in [2.05, 4.69) is 26.4 Å². The second kappa shape index (κ2) is 8.45. The molecule has 1 fully saturated rings. The van der Waals surface area contributed by atoms with E-state index in [1.807, 2.05) is 13.0 Å². The van der Waals surface area contributed by atoms with E-state index in [0.717, 1.165) is 53.6 Å². The molecule has 3 heterocycles. The minimum absolute atomic E-state index is 0.158. The summed E-state index contributed by atoms with van der Waals surface area (Å²) in [6.45, 7) is 3.43. The lowest BCUT2D eigenvalue weighted by molar-refractivity contribution is -0.136. The van der Waals surface area contributed by atoms with Crippen LogP contribution in [0.1, 0.15) is 56.2 Å². The highest BCUT2D eigenvalue weighted by molar-refractivity contribution is 5.81. The van der Waals surface area contributed by atoms with Gasteiger partial charge >= 0.3 is 6.18 Å². The predicted octanol–water partition coefficient (Wildman–Crippen LogP) is 4.87. The lowest BCUT2D eigenvalue weighted by atomic mass is 9.85. The van der Waals surface area contributed by atoms with Crippen LogP contribution in [0.5, 0.6) is 0 Å². The molecule has 0 spiro atoms. The van der Waals surface area contributed by atoms with E-state index in [1.54, 1.807) is 23.1 Å². The fraction of sp³-hybridized carbons (Fsp3) is 0.500. The summed E-state index contributed by atoms with van der Waals surface area (Å²) in [6.07, 6.45) is 2.81. The molecule has 0 aromatic carbocycles. The van der Waals surface area contributed by atoms with Gasteiger partial charge < -0.3 is 10.4 Å². The number of halogens is 3. The molecule has 0 bridgehead atoms. The average molecular weight is 433 g/mol. The molecule has 9 heteroatoms. The maximum Gasteiger partial charge on any atom is 0.391 e. The first-order chi connectivity index (χ1) is 14.7. The summed E-state index contributed by atoms with van der Waals surface area (Å²) in [5, 5.41) is 17.2. The Balaban J connectivity index is 1.74. The molecule has 1 saturated carbocycles. The van der Waals surface area contributed by atoms with Crippen molar-refractivity contribution in [1.29, 1.82) is 0 Å². The van der Waals surface area contributed by atoms with Gasteiger partial charge in [-0.25, -0.2) is 9.50 Å². The molecule has 166 valence electrons. The standard InChI is InChI=1S/C22H26F3N5O/c1-13-7-16(11-26-10-13)18-8-19(15-3-5-17(31)6-4-15)30-20(18)12-27-21(29-30)28-14(2)9-22(23,24)25/h7-8,10-12,14-15,17,31H,3-6,9H2,1-2H3,(H,28,29)/t14-,15-,17-/m0/s1. The minimum atomic E-state index is -4.26. The van der Waals surface area contributed by atoms with Crippen LogP contribution in [-0.4, -0.2) is 43.0 Å². The van der Waals surface area contributed by atoms with E-state index < -0.39 is 18.6 Å². The Labute approximate surface area is 178 Å². The molecule has 31 heavy (non-hydrogen) atoms. The number of hydrogen-bond donors (Lipinski definition) is 2. The van der Waals surface area contributed by atoms with Crippen molar-refractivity contribution in [2.75, 3.05) is 5.32 Å². The van der Waals surface area contributed by atoms with Crippen LogP contribution >= 0.6 is 0 Å². The first-order valence-corrected chi connectivity index (χ1v) is 10.5. The van der Waals surface area contributed by atoms with Gasteiger partial charge in [-0.15, -0.1) is 5.10 Å². The van der Waals surface area contributed by atoms with Gasteiger partial charge in [0.25, 0.3) is 0 Å². The van der Waals surface area contributed by atoms with E-state index in [4.69, 9.17) is 0 Å². The smallest absolute Gasteiger partial charge is 0.391 e. The third-order valence-corrected chi connectivity index (χ3v) is 5.76. The highest BCUT2D eigenvalue weighted by atomic mass is 19.4. The van der Waals surface area contributed by atoms with Crippen molar-refractivity contribution >= 4 is 11.5 Å². The summed E-state index contributed by atoms with van der Waals surface area (Å²) in [5.41, 5.74) is 4.66. The molecule has 0 saturated heterocycles. The van der Waals surface area contributed by atoms with E-state index in [1.165, 1.54) is 6.92 Å². The van der Waals surface area contributed by atoms with Crippen LogP contribution in [0.3, 0.4) is 0 Å². The Bertz CT molecular complexity index is 1060. The number of nitrogens with one attached hydrogen (secondary N) is 1. The molecule has 1 aliphatic rings. The monoisotopic (exact) mass is 433 g/mol. The molecule has 0 radical (unpaired) electrons. The fourth-order valence-electron chi connectivity index (χ4n) is 4.30. The van der Waals surface area contributed by atoms with Crippen molar-refractivity contribution in [2.45, 2.75) is 70.2 Å². The third kappa shape index (κ3) is 4.98. The molecular weight excluding hydrogens is 407 g/mol. The van der Waals surface area contributed by atoms with Gasteiger partial charge in [0.05, 0.1) is 24.2 Å². The van der Waals surface area contributed by atoms with Gasteiger partial charge in [-0.2, -0.15) is 13.2 Å². The highest BCUT2D eigenvalue weighted by Gasteiger charge is 2.30. The summed E-state index contributed by atoms with van der Waals surface area (Å²) in [5.74, 6) is 0.364. The largest absolute Gasteiger partial charge is 0.393 e. The topological polar surface area (TPSA) is 75.3 Å². The molecule has 0 aliphatic heterocycles. The lowest BCUT2D eigenvalue weighted by Crippen LogP contribution is -2.25. The average Bonchev–Trinajstić information content (AvgIpc) is 3.06. The number of fused-ring (bicyclic) bond motifs is 1. The molecule has 1 atom stereocenters. The Morgan fingerprint density at radius 2 is 1.90 bits per heavy atom. The SMILES string of the molecule is Cc1cncc(-c2cc([C@H]3CC[C@H](O)CC3)n3nc(N[C@@H](C)CC(F)(F)F)ncc23)c1. The Morgan fingerprint density at radius 1 is 1.16 bits per heavy atom. The van der Waals surface area contributed by atoms with Crippen LogP contribution in [0.25, 0.3) is 16.6 Å². The summed E-state index contributed by atoms with van der Waals surface area (Å²) in [6, 6.07) is 3.27. The Hall–Kier alpha value is -2.68. The minimum Gasteiger partial charge on any atom is -0.393 e. The summed E-state index contributed by atoms with van der Waals surface area (Å²) < 4.78 is 39.9. The number of alkyl halides is 3. The number of aromatic nitrogens is 4. The van der Waals surface area contributed by atoms with Crippen LogP contribution < -0.4 is 5.32 Å². The summed E-state index contributed by atoms with van der Waals surface area (Å²) in [4.78, 5) is 8.57. The number of aliphatic hydroxyl groups excluding tert-OH is 1. The third-order valence-electron chi connectivity index (χ3n) is 5.76. The highest BCUT2D eigenvalue weighted by Crippen LogP contribution is 2.37. The molecule has 4 rings (SSSR count). The molecule has 6 nitrogen and oxygen atoms in total. The molecule has 0 amide bonds. The van der Waals surface area contributed by atoms with E-state index in [9.17, 15) is 18.3 Å². The van der Waals surface area contributed by atoms with Crippen LogP contribution in [0, 0.1) is 6.92 Å². The molecule has 0 unspecified atom stereocenters. The van der Waals surface area contributed by atoms with Crippen LogP contribution in [-0.2, 0) is 0 Å². The molecule has 2 N–H and O–H groups in total. The zero-order valence-corrected chi connectivity index (χ0v) is 17.5. The molecular formula is C22H26F3N5O. The van der Waals surface area contributed by atoms with E-state index in [-0.39, 0.29) is 18.0 Å². The first-order valence-electron chi connectivity index (χ1n) is 10.5. The maximum absolute atomic E-state index is 12.7. The molecule has 1 aliphatic carbocycles. The predicted molar refractivity (Wildman–Crippen MR) is 112 cm³/mol. The zero-order chi connectivity index (χ0) is 22.2. The van der Waals surface area contributed by atoms with Gasteiger partial charge in [0.2, 0.25) is 5.95 Å². The van der Waals surface area contributed by atoms with Gasteiger partial charge in [0.1, 0.15) is 0 Å². The fourth-order valence-corrected chi connectivity index (χ4v) is 4.30. The summed E-state index contributed by atoms with van der Waals surface area (Å²) >= 11 is 0. The number of nitrogens with zero attached hydrogens (tertiary/aromatic N) is 4. The van der Waals surface area contributed by atoms with Gasteiger partial charge in [-0.1, -0.05) is 0 Å². The number of aryl methyl sites for hydroxylation is 1. The van der Waals surface area contributed by atoms with E-state index >= 15 is 0 Å². The van der Waals surface area contributed by atoms with Crippen LogP contribution in [0.4, 0.5) is 19.1 Å². The number of pyridine rings is 1. The zero-order valence-electron chi connectivity index (χ0n) is 17.5. The van der Waals surface area contributed by atoms with Crippen molar-refractivity contribution in [3.05, 3.63) is 42.0 Å². The second-order valence-electron chi connectivity index (χ2n) is 8.48. The number of anilines is 1. The Kier molecular flexibility index (Phi) is 5.88. The number of rotatable bonds is 5. The van der Waals surface area contributed by atoms with Crippen molar-refractivity contribution in [3.8, 4) is 11.1 Å². The van der Waals surface area contributed by atoms with Crippen molar-refractivity contribution < 1.29 is 18.3 Å². The number of aliphatic hydroxyl groups is 1. The first kappa shape index (κ1) is 21.5. The Morgan fingerprint density at radius 3 is 2.58 bits per heavy atom. The van der Waals surface area contributed by atoms with Crippen molar-refractivity contribution in [1.82, 2.24) is 19.6 Å². The van der Waals surface area contributed by atoms with Crippen LogP contribution in [0.2, 0.25) is 0 Å². The van der Waals surface area contributed by atoms with Gasteiger partial charge in [0, 0.05) is 41.2 Å². The number of hydrogen-bond acceptors (Lipinski definition) is 5. The maximum atomic E-state index is 12.7. The van der Waals surface area contributed by atoms with Gasteiger partial charge in [0.15, 0.2) is 0 Å². The molecule has 3 aromatic rings. The lowest BCUT2D eigenvalue weighted by Gasteiger charge is -2.25. The normalized spacial score (nSPS) is 20.7. The quantitative estimate of drug-likeness (QED) is 0.600. The van der Waals surface area contributed by atoms with Gasteiger partial charge in [-0.05, 0) is 57.2 Å². The van der Waals surface area contributed by atoms with Crippen LogP contribution in [0.15, 0.2) is 30.7 Å². The van der Waals surface area contributed by atoms with Gasteiger partial charge in [-0.3, -0.25) is 4.98 Å². The second-order valence-corrected chi connectivity index (χ2v) is 8.48. The van der Waals surface area contributed by atoms with E-state index in [0.29, 0.717) is 0 Å². The van der Waals surface area contributed by atoms with Crippen molar-refractivity contribution in [3.63, 3.8) is 0 Å². The van der Waals surface area contributed by atoms with Crippen molar-refractivity contribution in [2.24, 2.45) is 0 Å². The summed E-state index contributed by atoms with van der Waals surface area (Å²) in [7, 11) is 0.